The predicted molar refractivity (Wildman–Crippen MR) is 104 cm³/mol. The summed E-state index contributed by atoms with van der Waals surface area (Å²) < 4.78 is 16.6. The van der Waals surface area contributed by atoms with Crippen molar-refractivity contribution >= 4 is 35.1 Å². The lowest BCUT2D eigenvalue weighted by Crippen LogP contribution is -2.37. The van der Waals surface area contributed by atoms with E-state index in [9.17, 15) is 0 Å². The minimum Gasteiger partial charge on any atom is -0.493 e. The molecule has 0 aliphatic carbocycles. The number of hydrazone groups is 1. The van der Waals surface area contributed by atoms with E-state index in [1.165, 1.54) is 0 Å². The van der Waals surface area contributed by atoms with Gasteiger partial charge in [-0.25, -0.2) is 0 Å². The lowest BCUT2D eigenvalue weighted by atomic mass is 10.2. The molecule has 2 N–H and O–H groups in total. The standard InChI is InChI=1S/C17H24ClN3O3S/c1-11(2)24-16-14(18)7-12(8-15(16)22-3)9-20-21-17(25)19-10-13-5-4-6-23-13/h7-9,11,13H,4-6,10H2,1-3H3,(H2,19,21,25)/b20-9-/t13-/m0/s1. The Hall–Kier alpha value is -1.57. The van der Waals surface area contributed by atoms with Crippen molar-refractivity contribution in [3.63, 3.8) is 0 Å². The number of hydrogen-bond donors (Lipinski definition) is 2. The van der Waals surface area contributed by atoms with Crippen LogP contribution in [0.5, 0.6) is 11.5 Å². The number of benzene rings is 1. The number of nitrogens with one attached hydrogen (secondary N) is 2. The first kappa shape index (κ1) is 19.8. The average Bonchev–Trinajstić information content (AvgIpc) is 3.08. The number of halogens is 1. The first-order valence-corrected chi connectivity index (χ1v) is 9.01. The molecule has 6 nitrogen and oxygen atoms in total. The summed E-state index contributed by atoms with van der Waals surface area (Å²) in [4.78, 5) is 0. The van der Waals surface area contributed by atoms with E-state index in [2.05, 4.69) is 15.8 Å². The van der Waals surface area contributed by atoms with Gasteiger partial charge in [0.05, 0.1) is 30.6 Å². The summed E-state index contributed by atoms with van der Waals surface area (Å²) in [6, 6.07) is 3.56. The average molecular weight is 386 g/mol. The minimum atomic E-state index is -0.000112. The second-order valence-electron chi connectivity index (χ2n) is 5.92. The molecule has 0 spiro atoms. The Morgan fingerprint density at radius 2 is 2.32 bits per heavy atom. The van der Waals surface area contributed by atoms with Crippen LogP contribution in [0.1, 0.15) is 32.3 Å². The van der Waals surface area contributed by atoms with Gasteiger partial charge in [-0.05, 0) is 56.6 Å². The third kappa shape index (κ3) is 6.34. The predicted octanol–water partition coefficient (Wildman–Crippen LogP) is 3.11. The molecule has 138 valence electrons. The fourth-order valence-electron chi connectivity index (χ4n) is 2.38. The number of ether oxygens (including phenoxy) is 3. The molecule has 25 heavy (non-hydrogen) atoms. The van der Waals surface area contributed by atoms with Crippen molar-refractivity contribution in [3.05, 3.63) is 22.7 Å². The lowest BCUT2D eigenvalue weighted by molar-refractivity contribution is 0.114. The third-order valence-electron chi connectivity index (χ3n) is 3.50. The summed E-state index contributed by atoms with van der Waals surface area (Å²) in [5.74, 6) is 1.08. The molecule has 1 aliphatic rings. The SMILES string of the molecule is COc1cc(/C=N\NC(=S)NC[C@@H]2CCCO2)cc(Cl)c1OC(C)C. The topological polar surface area (TPSA) is 64.1 Å². The van der Waals surface area contributed by atoms with Gasteiger partial charge in [0.25, 0.3) is 0 Å². The van der Waals surface area contributed by atoms with E-state index in [4.69, 9.17) is 38.0 Å². The van der Waals surface area contributed by atoms with Crippen LogP contribution >= 0.6 is 23.8 Å². The largest absolute Gasteiger partial charge is 0.493 e. The van der Waals surface area contributed by atoms with Crippen molar-refractivity contribution in [2.24, 2.45) is 5.10 Å². The van der Waals surface area contributed by atoms with E-state index < -0.39 is 0 Å². The molecule has 1 aliphatic heterocycles. The van der Waals surface area contributed by atoms with Crippen LogP contribution in [0, 0.1) is 0 Å². The second kappa shape index (κ2) is 9.79. The molecule has 1 heterocycles. The van der Waals surface area contributed by atoms with Crippen molar-refractivity contribution in [1.82, 2.24) is 10.7 Å². The molecule has 8 heteroatoms. The van der Waals surface area contributed by atoms with E-state index in [-0.39, 0.29) is 12.2 Å². The van der Waals surface area contributed by atoms with E-state index in [0.717, 1.165) is 25.0 Å². The number of rotatable bonds is 7. The molecule has 0 unspecified atom stereocenters. The molecule has 0 aromatic heterocycles. The van der Waals surface area contributed by atoms with Crippen LogP contribution in [0.2, 0.25) is 5.02 Å². The highest BCUT2D eigenvalue weighted by Crippen LogP contribution is 2.36. The van der Waals surface area contributed by atoms with Gasteiger partial charge in [0, 0.05) is 13.2 Å². The van der Waals surface area contributed by atoms with Gasteiger partial charge in [0.15, 0.2) is 16.6 Å². The summed E-state index contributed by atoms with van der Waals surface area (Å²) >= 11 is 11.5. The van der Waals surface area contributed by atoms with E-state index in [1.807, 2.05) is 13.8 Å². The Kier molecular flexibility index (Phi) is 7.74. The van der Waals surface area contributed by atoms with Crippen LogP contribution in [0.4, 0.5) is 0 Å². The van der Waals surface area contributed by atoms with Gasteiger partial charge in [-0.2, -0.15) is 5.10 Å². The van der Waals surface area contributed by atoms with Crippen molar-refractivity contribution in [3.8, 4) is 11.5 Å². The number of hydrogen-bond acceptors (Lipinski definition) is 5. The van der Waals surface area contributed by atoms with Crippen LogP contribution in [-0.2, 0) is 4.74 Å². The fourth-order valence-corrected chi connectivity index (χ4v) is 2.78. The molecule has 0 radical (unpaired) electrons. The van der Waals surface area contributed by atoms with Crippen LogP contribution in [0.25, 0.3) is 0 Å². The Morgan fingerprint density at radius 3 is 2.96 bits per heavy atom. The molecular weight excluding hydrogens is 362 g/mol. The fraction of sp³-hybridized carbons (Fsp3) is 0.529. The number of nitrogens with zero attached hydrogens (tertiary/aromatic N) is 1. The Labute approximate surface area is 158 Å². The Balaban J connectivity index is 1.91. The monoisotopic (exact) mass is 385 g/mol. The second-order valence-corrected chi connectivity index (χ2v) is 6.73. The van der Waals surface area contributed by atoms with Crippen LogP contribution in [0.3, 0.4) is 0 Å². The molecule has 0 saturated carbocycles. The first-order chi connectivity index (χ1) is 12.0. The minimum absolute atomic E-state index is 0.000112. The summed E-state index contributed by atoms with van der Waals surface area (Å²) in [6.45, 7) is 5.37. The first-order valence-electron chi connectivity index (χ1n) is 8.22. The summed E-state index contributed by atoms with van der Waals surface area (Å²) in [6.07, 6.45) is 4.00. The highest BCUT2D eigenvalue weighted by molar-refractivity contribution is 7.80. The van der Waals surface area contributed by atoms with Crippen molar-refractivity contribution < 1.29 is 14.2 Å². The van der Waals surface area contributed by atoms with E-state index in [0.29, 0.717) is 28.2 Å². The maximum Gasteiger partial charge on any atom is 0.187 e. The number of methoxy groups -OCH3 is 1. The molecule has 1 aromatic carbocycles. The third-order valence-corrected chi connectivity index (χ3v) is 4.02. The molecule has 0 amide bonds. The number of thiocarbonyl (C=S) groups is 1. The van der Waals surface area contributed by atoms with Crippen LogP contribution < -0.4 is 20.2 Å². The van der Waals surface area contributed by atoms with E-state index in [1.54, 1.807) is 25.5 Å². The van der Waals surface area contributed by atoms with Gasteiger partial charge in [-0.15, -0.1) is 0 Å². The maximum atomic E-state index is 6.28. The van der Waals surface area contributed by atoms with Gasteiger partial charge in [-0.1, -0.05) is 11.6 Å². The zero-order valence-electron chi connectivity index (χ0n) is 14.7. The molecule has 1 fully saturated rings. The van der Waals surface area contributed by atoms with Gasteiger partial charge >= 0.3 is 0 Å². The highest BCUT2D eigenvalue weighted by atomic mass is 35.5. The van der Waals surface area contributed by atoms with Crippen molar-refractivity contribution in [2.45, 2.75) is 38.9 Å². The Bertz CT molecular complexity index is 619. The van der Waals surface area contributed by atoms with Gasteiger partial charge in [0.1, 0.15) is 0 Å². The molecule has 1 atom stereocenters. The maximum absolute atomic E-state index is 6.28. The summed E-state index contributed by atoms with van der Waals surface area (Å²) in [7, 11) is 1.57. The summed E-state index contributed by atoms with van der Waals surface area (Å²) in [5.41, 5.74) is 3.55. The quantitative estimate of drug-likeness (QED) is 0.427. The van der Waals surface area contributed by atoms with E-state index >= 15 is 0 Å². The lowest BCUT2D eigenvalue weighted by Gasteiger charge is -2.15. The van der Waals surface area contributed by atoms with Gasteiger partial charge in [-0.3, -0.25) is 5.43 Å². The summed E-state index contributed by atoms with van der Waals surface area (Å²) in [5, 5.41) is 8.12. The molecule has 1 aromatic rings. The normalized spacial score (nSPS) is 17.1. The molecule has 1 saturated heterocycles. The molecule has 2 rings (SSSR count). The van der Waals surface area contributed by atoms with Crippen molar-refractivity contribution in [1.29, 1.82) is 0 Å². The van der Waals surface area contributed by atoms with Gasteiger partial charge < -0.3 is 19.5 Å². The highest BCUT2D eigenvalue weighted by Gasteiger charge is 2.15. The van der Waals surface area contributed by atoms with Gasteiger partial charge in [0.2, 0.25) is 0 Å². The smallest absolute Gasteiger partial charge is 0.187 e. The molecular formula is C17H24ClN3O3S. The van der Waals surface area contributed by atoms with Crippen LogP contribution in [-0.4, -0.2) is 43.8 Å². The Morgan fingerprint density at radius 1 is 1.52 bits per heavy atom. The molecule has 0 bridgehead atoms. The zero-order valence-corrected chi connectivity index (χ0v) is 16.2. The zero-order chi connectivity index (χ0) is 18.2. The van der Waals surface area contributed by atoms with Crippen LogP contribution in [0.15, 0.2) is 17.2 Å². The van der Waals surface area contributed by atoms with Crippen molar-refractivity contribution in [2.75, 3.05) is 20.3 Å².